The number of H-pyrrole nitrogens is 1. The number of para-hydroxylation sites is 1. The van der Waals surface area contributed by atoms with Crippen molar-refractivity contribution < 1.29 is 0 Å². The van der Waals surface area contributed by atoms with E-state index in [9.17, 15) is 0 Å². The van der Waals surface area contributed by atoms with E-state index in [2.05, 4.69) is 26.7 Å². The van der Waals surface area contributed by atoms with Gasteiger partial charge in [0.2, 0.25) is 0 Å². The highest BCUT2D eigenvalue weighted by atomic mass is 32.1. The Hall–Kier alpha value is -2.08. The van der Waals surface area contributed by atoms with E-state index in [1.165, 1.54) is 0 Å². The lowest BCUT2D eigenvalue weighted by Gasteiger charge is -2.23. The van der Waals surface area contributed by atoms with Crippen molar-refractivity contribution >= 4 is 34.2 Å². The van der Waals surface area contributed by atoms with Crippen molar-refractivity contribution in [2.45, 2.75) is 13.1 Å². The summed E-state index contributed by atoms with van der Waals surface area (Å²) in [6.07, 6.45) is -0.241. The van der Waals surface area contributed by atoms with Crippen molar-refractivity contribution in [3.05, 3.63) is 35.5 Å². The summed E-state index contributed by atoms with van der Waals surface area (Å²) in [5, 5.41) is 7.52. The van der Waals surface area contributed by atoms with Crippen LogP contribution in [0, 0.1) is 6.92 Å². The largest absolute Gasteiger partial charge is 0.370 e. The number of benzene rings is 1. The van der Waals surface area contributed by atoms with Gasteiger partial charge in [-0.05, 0) is 25.2 Å². The molecule has 0 spiro atoms. The predicted molar refractivity (Wildman–Crippen MR) is 76.3 cm³/mol. The summed E-state index contributed by atoms with van der Waals surface area (Å²) in [7, 11) is 0. The third-order valence-corrected chi connectivity index (χ3v) is 3.21. The van der Waals surface area contributed by atoms with Crippen LogP contribution in [0.4, 0.5) is 0 Å². The molecule has 1 aliphatic heterocycles. The van der Waals surface area contributed by atoms with Gasteiger partial charge in [0.25, 0.3) is 0 Å². The minimum Gasteiger partial charge on any atom is -0.370 e. The number of hydrogen-bond acceptors (Lipinski definition) is 3. The standard InChI is InChI=1S/C12H13N5S/c1-6-9(7-4-2-3-5-8(7)14-6)10-15-11(13)17-12(18)16-10/h2-5,10,14H,1H3,(H4,13,15,16,17,18). The third kappa shape index (κ3) is 1.70. The van der Waals surface area contributed by atoms with Crippen LogP contribution in [0.2, 0.25) is 0 Å². The molecule has 2 heterocycles. The van der Waals surface area contributed by atoms with Gasteiger partial charge in [0.05, 0.1) is 0 Å². The molecule has 0 aliphatic carbocycles. The fraction of sp³-hybridized carbons (Fsp3) is 0.167. The zero-order valence-electron chi connectivity index (χ0n) is 9.82. The van der Waals surface area contributed by atoms with Crippen LogP contribution in [0.3, 0.4) is 0 Å². The van der Waals surface area contributed by atoms with E-state index in [1.54, 1.807) is 0 Å². The molecule has 0 bridgehead atoms. The van der Waals surface area contributed by atoms with E-state index >= 15 is 0 Å². The molecule has 3 rings (SSSR count). The smallest absolute Gasteiger partial charge is 0.197 e. The highest BCUT2D eigenvalue weighted by molar-refractivity contribution is 7.80. The van der Waals surface area contributed by atoms with Gasteiger partial charge in [0.15, 0.2) is 17.2 Å². The molecule has 0 saturated heterocycles. The van der Waals surface area contributed by atoms with Gasteiger partial charge < -0.3 is 21.4 Å². The molecule has 0 saturated carbocycles. The van der Waals surface area contributed by atoms with Gasteiger partial charge in [-0.2, -0.15) is 0 Å². The van der Waals surface area contributed by atoms with E-state index < -0.39 is 0 Å². The zero-order chi connectivity index (χ0) is 12.7. The number of aromatic nitrogens is 1. The minimum absolute atomic E-state index is 0.241. The Morgan fingerprint density at radius 1 is 1.33 bits per heavy atom. The molecule has 2 aromatic rings. The van der Waals surface area contributed by atoms with Gasteiger partial charge in [-0.3, -0.25) is 0 Å². The second-order valence-electron chi connectivity index (χ2n) is 4.22. The fourth-order valence-corrected chi connectivity index (χ4v) is 2.48. The van der Waals surface area contributed by atoms with Crippen LogP contribution < -0.4 is 16.4 Å². The van der Waals surface area contributed by atoms with Crippen molar-refractivity contribution in [1.82, 2.24) is 15.6 Å². The van der Waals surface area contributed by atoms with Crippen LogP contribution >= 0.6 is 12.2 Å². The average molecular weight is 259 g/mol. The van der Waals surface area contributed by atoms with Gasteiger partial charge >= 0.3 is 0 Å². The Morgan fingerprint density at radius 2 is 2.11 bits per heavy atom. The SMILES string of the molecule is Cc1[nH]c2ccccc2c1C1N=C(N)NC(=S)N1. The predicted octanol–water partition coefficient (Wildman–Crippen LogP) is 1.27. The van der Waals surface area contributed by atoms with Crippen molar-refractivity contribution in [2.24, 2.45) is 10.7 Å². The summed E-state index contributed by atoms with van der Waals surface area (Å²) >= 11 is 5.11. The molecular formula is C12H13N5S. The molecule has 0 fully saturated rings. The van der Waals surface area contributed by atoms with Crippen LogP contribution in [0.1, 0.15) is 17.4 Å². The molecule has 0 radical (unpaired) electrons. The van der Waals surface area contributed by atoms with E-state index in [-0.39, 0.29) is 6.17 Å². The number of hydrogen-bond donors (Lipinski definition) is 4. The first-order valence-corrected chi connectivity index (χ1v) is 6.04. The number of nitrogens with two attached hydrogens (primary N) is 1. The fourth-order valence-electron chi connectivity index (χ4n) is 2.27. The van der Waals surface area contributed by atoms with E-state index in [4.69, 9.17) is 18.0 Å². The van der Waals surface area contributed by atoms with Gasteiger partial charge in [-0.15, -0.1) is 0 Å². The summed E-state index contributed by atoms with van der Waals surface area (Å²) in [5.74, 6) is 0.341. The number of guanidine groups is 1. The first-order valence-electron chi connectivity index (χ1n) is 5.63. The Kier molecular flexibility index (Phi) is 2.45. The number of nitrogens with one attached hydrogen (secondary N) is 3. The molecule has 0 amide bonds. The maximum absolute atomic E-state index is 5.72. The highest BCUT2D eigenvalue weighted by Crippen LogP contribution is 2.29. The van der Waals surface area contributed by atoms with Crippen LogP contribution in [-0.4, -0.2) is 16.1 Å². The Labute approximate surface area is 109 Å². The van der Waals surface area contributed by atoms with Gasteiger partial charge in [0, 0.05) is 22.2 Å². The maximum atomic E-state index is 5.72. The number of nitrogens with zero attached hydrogens (tertiary/aromatic N) is 1. The summed E-state index contributed by atoms with van der Waals surface area (Å²) < 4.78 is 0. The zero-order valence-corrected chi connectivity index (χ0v) is 10.6. The molecule has 5 nitrogen and oxygen atoms in total. The number of thiocarbonyl (C=S) groups is 1. The monoisotopic (exact) mass is 259 g/mol. The lowest BCUT2D eigenvalue weighted by molar-refractivity contribution is 0.660. The van der Waals surface area contributed by atoms with E-state index in [0.29, 0.717) is 11.1 Å². The Bertz CT molecular complexity index is 658. The first kappa shape index (κ1) is 11.0. The van der Waals surface area contributed by atoms with Crippen LogP contribution in [0.15, 0.2) is 29.3 Å². The summed E-state index contributed by atoms with van der Waals surface area (Å²) in [4.78, 5) is 7.69. The quantitative estimate of drug-likeness (QED) is 0.582. The Balaban J connectivity index is 2.17. The molecule has 1 aromatic carbocycles. The maximum Gasteiger partial charge on any atom is 0.197 e. The molecule has 5 N–H and O–H groups in total. The van der Waals surface area contributed by atoms with Crippen molar-refractivity contribution in [3.8, 4) is 0 Å². The van der Waals surface area contributed by atoms with Crippen LogP contribution in [0.5, 0.6) is 0 Å². The van der Waals surface area contributed by atoms with Gasteiger partial charge in [-0.1, -0.05) is 18.2 Å². The molecule has 1 aromatic heterocycles. The normalized spacial score (nSPS) is 19.3. The second kappa shape index (κ2) is 3.99. The molecule has 1 unspecified atom stereocenters. The molecular weight excluding hydrogens is 246 g/mol. The lowest BCUT2D eigenvalue weighted by Crippen LogP contribution is -2.49. The van der Waals surface area contributed by atoms with Crippen molar-refractivity contribution in [1.29, 1.82) is 0 Å². The first-order chi connectivity index (χ1) is 8.65. The highest BCUT2D eigenvalue weighted by Gasteiger charge is 2.22. The number of rotatable bonds is 1. The van der Waals surface area contributed by atoms with E-state index in [0.717, 1.165) is 22.2 Å². The molecule has 18 heavy (non-hydrogen) atoms. The van der Waals surface area contributed by atoms with Crippen LogP contribution in [-0.2, 0) is 0 Å². The number of fused-ring (bicyclic) bond motifs is 1. The summed E-state index contributed by atoms with van der Waals surface area (Å²) in [5.41, 5.74) is 8.95. The minimum atomic E-state index is -0.241. The van der Waals surface area contributed by atoms with Crippen molar-refractivity contribution in [2.75, 3.05) is 0 Å². The average Bonchev–Trinajstić information content (AvgIpc) is 2.63. The summed E-state index contributed by atoms with van der Waals surface area (Å²) in [6.45, 7) is 2.02. The molecule has 1 aliphatic rings. The third-order valence-electron chi connectivity index (χ3n) is 2.99. The van der Waals surface area contributed by atoms with Crippen molar-refractivity contribution in [3.63, 3.8) is 0 Å². The van der Waals surface area contributed by atoms with E-state index in [1.807, 2.05) is 25.1 Å². The molecule has 6 heteroatoms. The number of aliphatic imine (C=N–C) groups is 1. The second-order valence-corrected chi connectivity index (χ2v) is 4.63. The number of aromatic amines is 1. The van der Waals surface area contributed by atoms with Gasteiger partial charge in [0.1, 0.15) is 0 Å². The topological polar surface area (TPSA) is 78.2 Å². The lowest BCUT2D eigenvalue weighted by atomic mass is 10.1. The number of aryl methyl sites for hydroxylation is 1. The molecule has 92 valence electrons. The molecule has 1 atom stereocenters. The Morgan fingerprint density at radius 3 is 2.89 bits per heavy atom. The summed E-state index contributed by atoms with van der Waals surface area (Å²) in [6, 6.07) is 8.11. The van der Waals surface area contributed by atoms with Gasteiger partial charge in [-0.25, -0.2) is 4.99 Å². The van der Waals surface area contributed by atoms with Crippen LogP contribution in [0.25, 0.3) is 10.9 Å².